The maximum Gasteiger partial charge on any atom is 0.0724 e. The molecule has 0 unspecified atom stereocenters. The normalized spacial score (nSPS) is 11.8. The molecule has 96 valence electrons. The number of ether oxygens (including phenoxy) is 1. The number of rotatable bonds is 7. The molecule has 0 heterocycles. The van der Waals surface area contributed by atoms with Crippen molar-refractivity contribution in [2.45, 2.75) is 45.8 Å². The van der Waals surface area contributed by atoms with Gasteiger partial charge in [-0.3, -0.25) is 0 Å². The smallest absolute Gasteiger partial charge is 0.0724 e. The van der Waals surface area contributed by atoms with Crippen LogP contribution in [0.3, 0.4) is 0 Å². The van der Waals surface area contributed by atoms with E-state index < -0.39 is 0 Å². The van der Waals surface area contributed by atoms with Crippen molar-refractivity contribution in [3.63, 3.8) is 0 Å². The third kappa shape index (κ3) is 5.33. The lowest BCUT2D eigenvalue weighted by Gasteiger charge is -2.23. The first-order valence-electron chi connectivity index (χ1n) is 6.44. The van der Waals surface area contributed by atoms with Gasteiger partial charge in [0.2, 0.25) is 0 Å². The van der Waals surface area contributed by atoms with Gasteiger partial charge in [0.15, 0.2) is 0 Å². The van der Waals surface area contributed by atoms with Gasteiger partial charge in [-0.25, -0.2) is 0 Å². The highest BCUT2D eigenvalue weighted by Crippen LogP contribution is 2.16. The van der Waals surface area contributed by atoms with Gasteiger partial charge in [-0.15, -0.1) is 0 Å². The van der Waals surface area contributed by atoms with Gasteiger partial charge >= 0.3 is 0 Å². The minimum atomic E-state index is -0.0230. The van der Waals surface area contributed by atoms with Crippen LogP contribution < -0.4 is 5.32 Å². The Kier molecular flexibility index (Phi) is 5.66. The average Bonchev–Trinajstić information content (AvgIpc) is 2.35. The molecule has 1 aromatic carbocycles. The average molecular weight is 235 g/mol. The predicted octanol–water partition coefficient (Wildman–Crippen LogP) is 3.15. The van der Waals surface area contributed by atoms with E-state index in [9.17, 15) is 0 Å². The molecule has 0 saturated carbocycles. The molecule has 1 N–H and O–H groups in total. The lowest BCUT2D eigenvalue weighted by Crippen LogP contribution is -2.22. The van der Waals surface area contributed by atoms with Crippen LogP contribution in [0.25, 0.3) is 0 Å². The van der Waals surface area contributed by atoms with E-state index in [1.807, 2.05) is 7.05 Å². The van der Waals surface area contributed by atoms with Gasteiger partial charge in [0.05, 0.1) is 12.2 Å². The molecule has 2 nitrogen and oxygen atoms in total. The fraction of sp³-hybridized carbons (Fsp3) is 0.600. The van der Waals surface area contributed by atoms with E-state index in [1.54, 1.807) is 0 Å². The summed E-state index contributed by atoms with van der Waals surface area (Å²) in [5, 5.41) is 3.16. The first kappa shape index (κ1) is 14.2. The second kappa shape index (κ2) is 6.77. The van der Waals surface area contributed by atoms with E-state index in [4.69, 9.17) is 4.74 Å². The molecule has 0 aliphatic carbocycles. The van der Waals surface area contributed by atoms with Crippen molar-refractivity contribution in [1.29, 1.82) is 0 Å². The van der Waals surface area contributed by atoms with Crippen LogP contribution in [0.5, 0.6) is 0 Å². The fourth-order valence-corrected chi connectivity index (χ4v) is 1.45. The lowest BCUT2D eigenvalue weighted by molar-refractivity contribution is -0.0316. The Bertz CT molecular complexity index is 316. The van der Waals surface area contributed by atoms with Crippen LogP contribution in [-0.2, 0) is 17.8 Å². The van der Waals surface area contributed by atoms with Gasteiger partial charge in [0.25, 0.3) is 0 Å². The molecule has 0 radical (unpaired) electrons. The van der Waals surface area contributed by atoms with E-state index in [0.29, 0.717) is 6.61 Å². The number of hydrogen-bond donors (Lipinski definition) is 1. The Balaban J connectivity index is 2.45. The van der Waals surface area contributed by atoms with Gasteiger partial charge in [-0.2, -0.15) is 0 Å². The van der Waals surface area contributed by atoms with Crippen molar-refractivity contribution in [1.82, 2.24) is 5.32 Å². The molecule has 0 fully saturated rings. The van der Waals surface area contributed by atoms with Crippen LogP contribution >= 0.6 is 0 Å². The molecule has 1 aromatic rings. The van der Waals surface area contributed by atoms with E-state index in [2.05, 4.69) is 50.4 Å². The molecule has 2 heteroatoms. The number of hydrogen-bond acceptors (Lipinski definition) is 2. The van der Waals surface area contributed by atoms with Gasteiger partial charge < -0.3 is 10.1 Å². The molecule has 0 aromatic heterocycles. The Morgan fingerprint density at radius 2 is 1.71 bits per heavy atom. The summed E-state index contributed by atoms with van der Waals surface area (Å²) in [6.07, 6.45) is 2.12. The minimum Gasteiger partial charge on any atom is -0.371 e. The summed E-state index contributed by atoms with van der Waals surface area (Å²) in [6, 6.07) is 8.71. The van der Waals surface area contributed by atoms with Gasteiger partial charge in [-0.05, 0) is 51.4 Å². The van der Waals surface area contributed by atoms with Gasteiger partial charge in [-0.1, -0.05) is 31.2 Å². The molecule has 0 bridgehead atoms. The highest BCUT2D eigenvalue weighted by molar-refractivity contribution is 5.22. The number of nitrogens with one attached hydrogen (secondary N) is 1. The Morgan fingerprint density at radius 3 is 2.24 bits per heavy atom. The van der Waals surface area contributed by atoms with Crippen LogP contribution in [0.2, 0.25) is 0 Å². The number of benzene rings is 1. The van der Waals surface area contributed by atoms with E-state index in [0.717, 1.165) is 19.4 Å². The molecule has 0 spiro atoms. The predicted molar refractivity (Wildman–Crippen MR) is 73.2 cm³/mol. The molecule has 0 atom stereocenters. The van der Waals surface area contributed by atoms with Crippen molar-refractivity contribution in [3.05, 3.63) is 35.4 Å². The third-order valence-electron chi connectivity index (χ3n) is 3.17. The summed E-state index contributed by atoms with van der Waals surface area (Å²) >= 11 is 0. The van der Waals surface area contributed by atoms with Crippen LogP contribution in [0.4, 0.5) is 0 Å². The highest BCUT2D eigenvalue weighted by atomic mass is 16.5. The minimum absolute atomic E-state index is 0.0230. The van der Waals surface area contributed by atoms with Gasteiger partial charge in [0, 0.05) is 0 Å². The standard InChI is InChI=1S/C15H25NO/c1-5-15(2,3)17-12-14-8-6-13(7-9-14)10-11-16-4/h6-9,16H,5,10-12H2,1-4H3. The largest absolute Gasteiger partial charge is 0.371 e. The van der Waals surface area contributed by atoms with Crippen molar-refractivity contribution in [3.8, 4) is 0 Å². The Hall–Kier alpha value is -0.860. The summed E-state index contributed by atoms with van der Waals surface area (Å²) in [5.41, 5.74) is 2.60. The maximum atomic E-state index is 5.87. The maximum absolute atomic E-state index is 5.87. The summed E-state index contributed by atoms with van der Waals surface area (Å²) in [5.74, 6) is 0. The number of likely N-dealkylation sites (N-methyl/N-ethyl adjacent to an activating group) is 1. The summed E-state index contributed by atoms with van der Waals surface area (Å²) in [6.45, 7) is 8.15. The first-order chi connectivity index (χ1) is 8.07. The second-order valence-corrected chi connectivity index (χ2v) is 5.07. The molecule has 0 aliphatic heterocycles. The monoisotopic (exact) mass is 235 g/mol. The third-order valence-corrected chi connectivity index (χ3v) is 3.17. The van der Waals surface area contributed by atoms with Crippen LogP contribution in [0.1, 0.15) is 38.3 Å². The lowest BCUT2D eigenvalue weighted by atomic mass is 10.1. The van der Waals surface area contributed by atoms with Crippen LogP contribution in [0, 0.1) is 0 Å². The molecule has 1 rings (SSSR count). The van der Waals surface area contributed by atoms with Crippen LogP contribution in [-0.4, -0.2) is 19.2 Å². The Labute approximate surface area is 105 Å². The fourth-order valence-electron chi connectivity index (χ4n) is 1.45. The Morgan fingerprint density at radius 1 is 1.12 bits per heavy atom. The zero-order chi connectivity index (χ0) is 12.7. The van der Waals surface area contributed by atoms with E-state index >= 15 is 0 Å². The quantitative estimate of drug-likeness (QED) is 0.784. The van der Waals surface area contributed by atoms with Crippen molar-refractivity contribution >= 4 is 0 Å². The van der Waals surface area contributed by atoms with Gasteiger partial charge in [0.1, 0.15) is 0 Å². The summed E-state index contributed by atoms with van der Waals surface area (Å²) in [7, 11) is 1.98. The molecular weight excluding hydrogens is 210 g/mol. The molecular formula is C15H25NO. The van der Waals surface area contributed by atoms with Crippen molar-refractivity contribution < 1.29 is 4.74 Å². The van der Waals surface area contributed by atoms with E-state index in [-0.39, 0.29) is 5.60 Å². The second-order valence-electron chi connectivity index (χ2n) is 5.07. The molecule has 0 saturated heterocycles. The topological polar surface area (TPSA) is 21.3 Å². The summed E-state index contributed by atoms with van der Waals surface area (Å²) in [4.78, 5) is 0. The van der Waals surface area contributed by atoms with Crippen LogP contribution in [0.15, 0.2) is 24.3 Å². The highest BCUT2D eigenvalue weighted by Gasteiger charge is 2.14. The zero-order valence-corrected chi connectivity index (χ0v) is 11.5. The van der Waals surface area contributed by atoms with E-state index in [1.165, 1.54) is 11.1 Å². The molecule has 17 heavy (non-hydrogen) atoms. The molecule has 0 aliphatic rings. The first-order valence-corrected chi connectivity index (χ1v) is 6.44. The van der Waals surface area contributed by atoms with Crippen molar-refractivity contribution in [2.24, 2.45) is 0 Å². The molecule has 0 amide bonds. The summed E-state index contributed by atoms with van der Waals surface area (Å²) < 4.78 is 5.87. The van der Waals surface area contributed by atoms with Crippen molar-refractivity contribution in [2.75, 3.05) is 13.6 Å². The SMILES string of the molecule is CCC(C)(C)OCc1ccc(CCNC)cc1. The zero-order valence-electron chi connectivity index (χ0n) is 11.5.